The number of fused-ring (bicyclic) bond motifs is 1. The summed E-state index contributed by atoms with van der Waals surface area (Å²) < 4.78 is 0. The van der Waals surface area contributed by atoms with Crippen molar-refractivity contribution in [3.8, 4) is 0 Å². The molecule has 0 spiro atoms. The first kappa shape index (κ1) is 14.5. The number of H-pyrrole nitrogens is 1. The summed E-state index contributed by atoms with van der Waals surface area (Å²) in [5, 5.41) is 7.89. The average Bonchev–Trinajstić information content (AvgIpc) is 3.02. The van der Waals surface area contributed by atoms with Crippen molar-refractivity contribution in [1.29, 1.82) is 0 Å². The Bertz CT molecular complexity index is 735. The molecule has 0 aliphatic heterocycles. The minimum atomic E-state index is 0.805. The third-order valence-corrected chi connectivity index (χ3v) is 3.54. The summed E-state index contributed by atoms with van der Waals surface area (Å²) in [6.45, 7) is 4.60. The maximum Gasteiger partial charge on any atom is 0.126 e. The fourth-order valence-corrected chi connectivity index (χ4v) is 2.34. The van der Waals surface area contributed by atoms with E-state index in [9.17, 15) is 0 Å². The van der Waals surface area contributed by atoms with Crippen LogP contribution in [0.3, 0.4) is 0 Å². The van der Waals surface area contributed by atoms with Crippen LogP contribution in [0.2, 0.25) is 0 Å². The molecule has 5 heteroatoms. The van der Waals surface area contributed by atoms with Crippen LogP contribution in [0.1, 0.15) is 18.4 Å². The maximum absolute atomic E-state index is 4.59. The molecular weight excluding hydrogens is 274 g/mol. The van der Waals surface area contributed by atoms with Crippen LogP contribution in [0.4, 0.5) is 5.82 Å². The van der Waals surface area contributed by atoms with Gasteiger partial charge in [-0.25, -0.2) is 9.97 Å². The first-order valence-corrected chi connectivity index (χ1v) is 7.68. The predicted molar refractivity (Wildman–Crippen MR) is 89.9 cm³/mol. The minimum absolute atomic E-state index is 0.805. The van der Waals surface area contributed by atoms with Crippen molar-refractivity contribution in [2.45, 2.75) is 19.9 Å². The number of aryl methyl sites for hydroxylation is 1. The smallest absolute Gasteiger partial charge is 0.126 e. The Morgan fingerprint density at radius 1 is 1.09 bits per heavy atom. The van der Waals surface area contributed by atoms with Crippen molar-refractivity contribution in [2.24, 2.45) is 0 Å². The van der Waals surface area contributed by atoms with Gasteiger partial charge in [-0.1, -0.05) is 25.1 Å². The summed E-state index contributed by atoms with van der Waals surface area (Å²) in [6, 6.07) is 12.3. The SMILES string of the molecule is CCc1ncc(CNCCNc2ccc3ccccc3n2)[nH]1. The van der Waals surface area contributed by atoms with E-state index in [0.29, 0.717) is 0 Å². The molecule has 5 nitrogen and oxygen atoms in total. The van der Waals surface area contributed by atoms with Gasteiger partial charge < -0.3 is 15.6 Å². The van der Waals surface area contributed by atoms with Crippen LogP contribution in [0.25, 0.3) is 10.9 Å². The number of nitrogens with zero attached hydrogens (tertiary/aromatic N) is 2. The second-order valence-corrected chi connectivity index (χ2v) is 5.20. The minimum Gasteiger partial charge on any atom is -0.369 e. The molecule has 0 unspecified atom stereocenters. The number of rotatable bonds is 7. The van der Waals surface area contributed by atoms with Gasteiger partial charge in [-0.2, -0.15) is 0 Å². The molecule has 0 saturated heterocycles. The first-order chi connectivity index (χ1) is 10.8. The molecule has 2 aromatic heterocycles. The third kappa shape index (κ3) is 3.62. The van der Waals surface area contributed by atoms with E-state index in [1.54, 1.807) is 0 Å². The third-order valence-electron chi connectivity index (χ3n) is 3.54. The normalized spacial score (nSPS) is 11.0. The molecule has 3 aromatic rings. The zero-order valence-electron chi connectivity index (χ0n) is 12.8. The summed E-state index contributed by atoms with van der Waals surface area (Å²) >= 11 is 0. The van der Waals surface area contributed by atoms with Crippen LogP contribution in [0.15, 0.2) is 42.6 Å². The topological polar surface area (TPSA) is 65.6 Å². The molecule has 0 bridgehead atoms. The van der Waals surface area contributed by atoms with E-state index in [4.69, 9.17) is 0 Å². The number of nitrogens with one attached hydrogen (secondary N) is 3. The number of hydrogen-bond donors (Lipinski definition) is 3. The number of anilines is 1. The highest BCUT2D eigenvalue weighted by atomic mass is 15.0. The Kier molecular flexibility index (Phi) is 4.65. The van der Waals surface area contributed by atoms with Crippen LogP contribution in [0, 0.1) is 0 Å². The van der Waals surface area contributed by atoms with Gasteiger partial charge in [0.25, 0.3) is 0 Å². The molecule has 0 saturated carbocycles. The van der Waals surface area contributed by atoms with E-state index in [0.717, 1.165) is 54.3 Å². The predicted octanol–water partition coefficient (Wildman–Crippen LogP) is 2.72. The zero-order chi connectivity index (χ0) is 15.2. The average molecular weight is 295 g/mol. The molecule has 0 aliphatic rings. The molecule has 2 heterocycles. The van der Waals surface area contributed by atoms with Crippen molar-refractivity contribution in [3.05, 3.63) is 54.1 Å². The van der Waals surface area contributed by atoms with Crippen molar-refractivity contribution in [1.82, 2.24) is 20.3 Å². The number of benzene rings is 1. The molecular formula is C17H21N5. The summed E-state index contributed by atoms with van der Waals surface area (Å²) in [5.41, 5.74) is 2.14. The van der Waals surface area contributed by atoms with Crippen LogP contribution in [-0.2, 0) is 13.0 Å². The lowest BCUT2D eigenvalue weighted by molar-refractivity contribution is 0.693. The van der Waals surface area contributed by atoms with Gasteiger partial charge in [0.05, 0.1) is 5.52 Å². The molecule has 0 fully saturated rings. The van der Waals surface area contributed by atoms with Gasteiger partial charge in [0.15, 0.2) is 0 Å². The zero-order valence-corrected chi connectivity index (χ0v) is 12.8. The maximum atomic E-state index is 4.59. The van der Waals surface area contributed by atoms with E-state index in [1.807, 2.05) is 30.5 Å². The first-order valence-electron chi connectivity index (χ1n) is 7.68. The Hall–Kier alpha value is -2.40. The van der Waals surface area contributed by atoms with Crippen molar-refractivity contribution in [2.75, 3.05) is 18.4 Å². The van der Waals surface area contributed by atoms with Crippen molar-refractivity contribution >= 4 is 16.7 Å². The van der Waals surface area contributed by atoms with Gasteiger partial charge in [-0.3, -0.25) is 0 Å². The Morgan fingerprint density at radius 2 is 2.00 bits per heavy atom. The molecule has 22 heavy (non-hydrogen) atoms. The number of hydrogen-bond acceptors (Lipinski definition) is 4. The molecule has 1 aromatic carbocycles. The fourth-order valence-electron chi connectivity index (χ4n) is 2.34. The van der Waals surface area contributed by atoms with Gasteiger partial charge in [-0.05, 0) is 18.2 Å². The molecule has 0 radical (unpaired) electrons. The van der Waals surface area contributed by atoms with Gasteiger partial charge >= 0.3 is 0 Å². The van der Waals surface area contributed by atoms with Gasteiger partial charge in [0, 0.05) is 43.3 Å². The standard InChI is InChI=1S/C17H21N5/c1-2-16-20-12-14(21-16)11-18-9-10-19-17-8-7-13-5-3-4-6-15(13)22-17/h3-8,12,18H,2,9-11H2,1H3,(H,19,22)(H,20,21). The highest BCUT2D eigenvalue weighted by molar-refractivity contribution is 5.79. The second-order valence-electron chi connectivity index (χ2n) is 5.20. The summed E-state index contributed by atoms with van der Waals surface area (Å²) in [5.74, 6) is 1.95. The molecule has 114 valence electrons. The number of pyridine rings is 1. The Morgan fingerprint density at radius 3 is 2.86 bits per heavy atom. The molecule has 3 rings (SSSR count). The molecule has 0 atom stereocenters. The van der Waals surface area contributed by atoms with Crippen molar-refractivity contribution < 1.29 is 0 Å². The lowest BCUT2D eigenvalue weighted by Gasteiger charge is -2.07. The van der Waals surface area contributed by atoms with E-state index >= 15 is 0 Å². The quantitative estimate of drug-likeness (QED) is 0.586. The molecule has 0 aliphatic carbocycles. The summed E-state index contributed by atoms with van der Waals surface area (Å²) in [4.78, 5) is 12.2. The van der Waals surface area contributed by atoms with E-state index in [1.165, 1.54) is 0 Å². The van der Waals surface area contributed by atoms with E-state index < -0.39 is 0 Å². The highest BCUT2D eigenvalue weighted by Crippen LogP contribution is 2.14. The highest BCUT2D eigenvalue weighted by Gasteiger charge is 1.99. The molecule has 3 N–H and O–H groups in total. The van der Waals surface area contributed by atoms with Crippen LogP contribution in [0.5, 0.6) is 0 Å². The Labute approximate surface area is 130 Å². The number of aromatic nitrogens is 3. The van der Waals surface area contributed by atoms with E-state index in [2.05, 4.69) is 44.6 Å². The fraction of sp³-hybridized carbons (Fsp3) is 0.294. The largest absolute Gasteiger partial charge is 0.369 e. The van der Waals surface area contributed by atoms with Gasteiger partial charge in [0.1, 0.15) is 11.6 Å². The number of aromatic amines is 1. The van der Waals surface area contributed by atoms with Gasteiger partial charge in [0.2, 0.25) is 0 Å². The monoisotopic (exact) mass is 295 g/mol. The van der Waals surface area contributed by atoms with Crippen molar-refractivity contribution in [3.63, 3.8) is 0 Å². The van der Waals surface area contributed by atoms with Crippen LogP contribution < -0.4 is 10.6 Å². The van der Waals surface area contributed by atoms with Gasteiger partial charge in [-0.15, -0.1) is 0 Å². The summed E-state index contributed by atoms with van der Waals surface area (Å²) in [6.07, 6.45) is 2.83. The number of imidazole rings is 1. The molecule has 0 amide bonds. The lowest BCUT2D eigenvalue weighted by Crippen LogP contribution is -2.22. The van der Waals surface area contributed by atoms with E-state index in [-0.39, 0.29) is 0 Å². The van der Waals surface area contributed by atoms with Crippen LogP contribution in [-0.4, -0.2) is 28.0 Å². The number of para-hydroxylation sites is 1. The Balaban J connectivity index is 1.44. The lowest BCUT2D eigenvalue weighted by atomic mass is 10.2. The second kappa shape index (κ2) is 7.04. The summed E-state index contributed by atoms with van der Waals surface area (Å²) in [7, 11) is 0. The van der Waals surface area contributed by atoms with Crippen LogP contribution >= 0.6 is 0 Å².